The summed E-state index contributed by atoms with van der Waals surface area (Å²) in [6.45, 7) is 7.79. The molecule has 0 unspecified atom stereocenters. The summed E-state index contributed by atoms with van der Waals surface area (Å²) >= 11 is 0. The van der Waals surface area contributed by atoms with E-state index in [-0.39, 0.29) is 11.6 Å². The van der Waals surface area contributed by atoms with Crippen molar-refractivity contribution in [2.45, 2.75) is 19.6 Å². The number of piperazine rings is 1. The lowest BCUT2D eigenvalue weighted by Gasteiger charge is -2.34. The predicted molar refractivity (Wildman–Crippen MR) is 144 cm³/mol. The number of carbonyl (C=O) groups is 1. The molecule has 0 spiro atoms. The summed E-state index contributed by atoms with van der Waals surface area (Å²) in [4.78, 5) is 25.3. The Morgan fingerprint density at radius 3 is 2.48 bits per heavy atom. The Hall–Kier alpha value is -4.10. The van der Waals surface area contributed by atoms with Gasteiger partial charge in [0.05, 0.1) is 12.1 Å². The van der Waals surface area contributed by atoms with Crippen LogP contribution in [0, 0.1) is 0 Å². The number of amides is 2. The molecule has 5 rings (SSSR count). The molecule has 2 amide bonds. The molecule has 13 heteroatoms. The lowest BCUT2D eigenvalue weighted by atomic mass is 10.1. The topological polar surface area (TPSA) is 104 Å². The zero-order valence-corrected chi connectivity index (χ0v) is 21.9. The molecule has 3 N–H and O–H groups in total. The number of likely N-dealkylation sites (N-methyl/N-ethyl adjacent to an activating group) is 1. The van der Waals surface area contributed by atoms with Gasteiger partial charge >= 0.3 is 12.2 Å². The molecule has 0 atom stereocenters. The summed E-state index contributed by atoms with van der Waals surface area (Å²) in [5, 5.41) is 8.28. The fraction of sp³-hybridized carbons (Fsp3) is 0.370. The molecule has 2 aromatic carbocycles. The number of anilines is 3. The number of ether oxygens (including phenoxy) is 2. The molecule has 10 nitrogen and oxygen atoms in total. The van der Waals surface area contributed by atoms with E-state index in [4.69, 9.17) is 9.47 Å². The highest BCUT2D eigenvalue weighted by atomic mass is 19.4. The summed E-state index contributed by atoms with van der Waals surface area (Å²) in [6.07, 6.45) is -3.18. The van der Waals surface area contributed by atoms with Crippen molar-refractivity contribution < 1.29 is 27.4 Å². The summed E-state index contributed by atoms with van der Waals surface area (Å²) in [6, 6.07) is 9.46. The van der Waals surface area contributed by atoms with Crippen molar-refractivity contribution in [3.05, 3.63) is 59.9 Å². The number of benzene rings is 2. The molecule has 0 radical (unpaired) electrons. The highest BCUT2D eigenvalue weighted by Crippen LogP contribution is 2.36. The third-order valence-electron chi connectivity index (χ3n) is 6.64. The normalized spacial score (nSPS) is 15.9. The van der Waals surface area contributed by atoms with Crippen molar-refractivity contribution in [3.63, 3.8) is 0 Å². The molecule has 3 heterocycles. The first-order valence-electron chi connectivity index (χ1n) is 13.0. The van der Waals surface area contributed by atoms with E-state index < -0.39 is 17.8 Å². The number of hydrogen-bond donors (Lipinski definition) is 3. The van der Waals surface area contributed by atoms with Gasteiger partial charge < -0.3 is 30.3 Å². The number of nitrogens with one attached hydrogen (secondary N) is 3. The third kappa shape index (κ3) is 6.90. The molecule has 0 saturated carbocycles. The largest absolute Gasteiger partial charge is 0.483 e. The van der Waals surface area contributed by atoms with Crippen molar-refractivity contribution in [1.82, 2.24) is 19.8 Å². The van der Waals surface area contributed by atoms with Crippen LogP contribution in [0.3, 0.4) is 0 Å². The summed E-state index contributed by atoms with van der Waals surface area (Å²) in [5.41, 5.74) is 0.174. The lowest BCUT2D eigenvalue weighted by Crippen LogP contribution is -2.45. The average molecular weight is 558 g/mol. The van der Waals surface area contributed by atoms with E-state index in [2.05, 4.69) is 42.6 Å². The zero-order valence-electron chi connectivity index (χ0n) is 21.9. The van der Waals surface area contributed by atoms with Gasteiger partial charge in [0.1, 0.15) is 18.7 Å². The molecule has 2 aliphatic heterocycles. The number of halogens is 3. The van der Waals surface area contributed by atoms with E-state index in [1.54, 1.807) is 30.3 Å². The first-order valence-corrected chi connectivity index (χ1v) is 13.0. The second-order valence-electron chi connectivity index (χ2n) is 9.46. The minimum absolute atomic E-state index is 0.0663. The van der Waals surface area contributed by atoms with Crippen LogP contribution in [0.4, 0.5) is 35.2 Å². The molecule has 212 valence electrons. The maximum Gasteiger partial charge on any atom is 0.416 e. The van der Waals surface area contributed by atoms with Gasteiger partial charge in [-0.05, 0) is 54.6 Å². The van der Waals surface area contributed by atoms with E-state index in [1.807, 2.05) is 0 Å². The number of carbonyl (C=O) groups excluding carboxylic acids is 1. The Kier molecular flexibility index (Phi) is 8.21. The van der Waals surface area contributed by atoms with E-state index in [9.17, 15) is 18.0 Å². The number of alkyl halides is 3. The number of aromatic nitrogens is 2. The Labute approximate surface area is 229 Å². The molecule has 0 aliphatic carbocycles. The van der Waals surface area contributed by atoms with Gasteiger partial charge in [-0.25, -0.2) is 9.78 Å². The smallest absolute Gasteiger partial charge is 0.416 e. The van der Waals surface area contributed by atoms with Gasteiger partial charge in [0.25, 0.3) is 5.88 Å². The highest BCUT2D eigenvalue weighted by molar-refractivity contribution is 5.99. The second-order valence-corrected chi connectivity index (χ2v) is 9.46. The average Bonchev–Trinajstić information content (AvgIpc) is 2.94. The van der Waals surface area contributed by atoms with Crippen molar-refractivity contribution >= 4 is 23.2 Å². The Bertz CT molecular complexity index is 1330. The number of nitrogens with zero attached hydrogens (tertiary/aromatic N) is 4. The van der Waals surface area contributed by atoms with Gasteiger partial charge in [0.2, 0.25) is 5.75 Å². The maximum atomic E-state index is 13.6. The van der Waals surface area contributed by atoms with Crippen LogP contribution < -0.4 is 25.4 Å². The predicted octanol–water partition coefficient (Wildman–Crippen LogP) is 4.87. The van der Waals surface area contributed by atoms with Crippen molar-refractivity contribution in [2.24, 2.45) is 0 Å². The van der Waals surface area contributed by atoms with Crippen molar-refractivity contribution in [1.29, 1.82) is 0 Å². The van der Waals surface area contributed by atoms with Crippen LogP contribution in [0.2, 0.25) is 0 Å². The first kappa shape index (κ1) is 27.5. The van der Waals surface area contributed by atoms with Crippen LogP contribution in [-0.4, -0.2) is 71.7 Å². The minimum Gasteiger partial charge on any atom is -0.483 e. The van der Waals surface area contributed by atoms with Gasteiger partial charge in [-0.1, -0.05) is 6.92 Å². The van der Waals surface area contributed by atoms with Crippen LogP contribution in [0.1, 0.15) is 18.1 Å². The van der Waals surface area contributed by atoms with Crippen LogP contribution in [-0.2, 0) is 12.7 Å². The Morgan fingerprint density at radius 1 is 1.02 bits per heavy atom. The molecule has 1 saturated heterocycles. The van der Waals surface area contributed by atoms with Gasteiger partial charge in [0, 0.05) is 44.1 Å². The van der Waals surface area contributed by atoms with Crippen LogP contribution in [0.15, 0.2) is 48.8 Å². The minimum atomic E-state index is -4.54. The zero-order chi connectivity index (χ0) is 28.1. The summed E-state index contributed by atoms with van der Waals surface area (Å²) < 4.78 is 52.3. The molecular formula is C27H30F3N7O3. The van der Waals surface area contributed by atoms with Crippen LogP contribution >= 0.6 is 0 Å². The van der Waals surface area contributed by atoms with E-state index in [1.165, 1.54) is 6.33 Å². The van der Waals surface area contributed by atoms with E-state index >= 15 is 0 Å². The summed E-state index contributed by atoms with van der Waals surface area (Å²) in [7, 11) is 0. The van der Waals surface area contributed by atoms with Gasteiger partial charge in [0.15, 0.2) is 5.82 Å². The highest BCUT2D eigenvalue weighted by Gasteiger charge is 2.31. The molecule has 1 fully saturated rings. The second kappa shape index (κ2) is 12.0. The standard InChI is InChI=1S/C27H30F3N7O3/c1-2-36-8-10-37(11-9-36)16-18-13-19(27(28,29)30)15-21(14-18)35-26(38)34-20-3-5-22(6-4-20)40-25-23-24(32-17-33-25)31-7-12-39-23/h3-6,13-15,17H,2,7-12,16H2,1H3,(H,31,32,33)(H2,34,35,38). The fourth-order valence-corrected chi connectivity index (χ4v) is 4.56. The lowest BCUT2D eigenvalue weighted by molar-refractivity contribution is -0.137. The van der Waals surface area contributed by atoms with Gasteiger partial charge in [-0.3, -0.25) is 4.90 Å². The molecule has 3 aromatic rings. The Balaban J connectivity index is 1.22. The molecule has 0 bridgehead atoms. The number of urea groups is 1. The summed E-state index contributed by atoms with van der Waals surface area (Å²) in [5.74, 6) is 1.66. The fourth-order valence-electron chi connectivity index (χ4n) is 4.56. The first-order chi connectivity index (χ1) is 19.3. The van der Waals surface area contributed by atoms with Crippen molar-refractivity contribution in [2.75, 3.05) is 61.8 Å². The number of rotatable bonds is 7. The molecular weight excluding hydrogens is 527 g/mol. The Morgan fingerprint density at radius 2 is 1.75 bits per heavy atom. The maximum absolute atomic E-state index is 13.6. The van der Waals surface area contributed by atoms with Crippen LogP contribution in [0.5, 0.6) is 17.4 Å². The molecule has 40 heavy (non-hydrogen) atoms. The molecule has 1 aromatic heterocycles. The van der Waals surface area contributed by atoms with Gasteiger partial charge in [-0.15, -0.1) is 0 Å². The van der Waals surface area contributed by atoms with Crippen LogP contribution in [0.25, 0.3) is 0 Å². The number of hydrogen-bond acceptors (Lipinski definition) is 8. The number of fused-ring (bicyclic) bond motifs is 1. The molecule has 2 aliphatic rings. The van der Waals surface area contributed by atoms with E-state index in [0.29, 0.717) is 48.3 Å². The van der Waals surface area contributed by atoms with Gasteiger partial charge in [-0.2, -0.15) is 18.2 Å². The SMILES string of the molecule is CCN1CCN(Cc2cc(NC(=O)Nc3ccc(Oc4ncnc5c4OCCN5)cc3)cc(C(F)(F)F)c2)CC1. The monoisotopic (exact) mass is 557 g/mol. The third-order valence-corrected chi connectivity index (χ3v) is 6.64. The van der Waals surface area contributed by atoms with E-state index in [0.717, 1.165) is 44.9 Å². The van der Waals surface area contributed by atoms with Crippen molar-refractivity contribution in [3.8, 4) is 17.4 Å². The quantitative estimate of drug-likeness (QED) is 0.378.